The summed E-state index contributed by atoms with van der Waals surface area (Å²) in [6, 6.07) is 15.1. The molecule has 3 rings (SSSR count). The zero-order valence-corrected chi connectivity index (χ0v) is 19.1. The van der Waals surface area contributed by atoms with Crippen molar-refractivity contribution in [2.45, 2.75) is 25.2 Å². The smallest absolute Gasteiger partial charge is 0.251 e. The van der Waals surface area contributed by atoms with Gasteiger partial charge < -0.3 is 10.2 Å². The highest BCUT2D eigenvalue weighted by Gasteiger charge is 2.18. The first-order chi connectivity index (χ1) is 14.9. The molecule has 0 bridgehead atoms. The van der Waals surface area contributed by atoms with Crippen LogP contribution in [0.25, 0.3) is 0 Å². The summed E-state index contributed by atoms with van der Waals surface area (Å²) >= 11 is 0. The van der Waals surface area contributed by atoms with Gasteiger partial charge in [0.2, 0.25) is 10.0 Å². The summed E-state index contributed by atoms with van der Waals surface area (Å²) < 4.78 is 26.9. The lowest BCUT2D eigenvalue weighted by atomic mass is 10.1. The van der Waals surface area contributed by atoms with Crippen molar-refractivity contribution < 1.29 is 13.2 Å². The number of rotatable bonds is 9. The van der Waals surface area contributed by atoms with Crippen molar-refractivity contribution >= 4 is 21.6 Å². The fraction of sp³-hybridized carbons (Fsp3) is 0.435. The van der Waals surface area contributed by atoms with Crippen molar-refractivity contribution in [1.29, 1.82) is 0 Å². The topological polar surface area (TPSA) is 81.7 Å². The van der Waals surface area contributed by atoms with Gasteiger partial charge in [-0.25, -0.2) is 13.1 Å². The summed E-state index contributed by atoms with van der Waals surface area (Å²) in [6.07, 6.45) is 0.853. The van der Waals surface area contributed by atoms with Crippen molar-refractivity contribution in [1.82, 2.24) is 14.9 Å². The Hall–Kier alpha value is -2.42. The SMILES string of the molecule is CCNS(=O)(=O)c1ccc(C)c(C(=O)NCCCN2CCN(c3ccccc3)CC2)c1. The van der Waals surface area contributed by atoms with Crippen molar-refractivity contribution in [2.75, 3.05) is 50.7 Å². The fourth-order valence-electron chi connectivity index (χ4n) is 3.75. The summed E-state index contributed by atoms with van der Waals surface area (Å²) in [6.45, 7) is 9.34. The minimum Gasteiger partial charge on any atom is -0.369 e. The standard InChI is InChI=1S/C23H32N4O3S/c1-3-25-31(29,30)21-11-10-19(2)22(18-21)23(28)24-12-7-13-26-14-16-27(17-15-26)20-8-5-4-6-9-20/h4-6,8-11,18,25H,3,7,12-17H2,1-2H3,(H,24,28). The van der Waals surface area contributed by atoms with Gasteiger partial charge in [0.1, 0.15) is 0 Å². The predicted molar refractivity (Wildman–Crippen MR) is 124 cm³/mol. The minimum absolute atomic E-state index is 0.112. The number of nitrogens with zero attached hydrogens (tertiary/aromatic N) is 2. The molecule has 2 aromatic rings. The Balaban J connectivity index is 1.45. The maximum atomic E-state index is 12.6. The van der Waals surface area contributed by atoms with Crippen LogP contribution in [0, 0.1) is 6.92 Å². The Bertz CT molecular complexity index is 972. The molecule has 8 heteroatoms. The molecule has 0 unspecified atom stereocenters. The number of nitrogens with one attached hydrogen (secondary N) is 2. The van der Waals surface area contributed by atoms with Crippen molar-refractivity contribution in [3.05, 3.63) is 59.7 Å². The van der Waals surface area contributed by atoms with Gasteiger partial charge in [-0.2, -0.15) is 0 Å². The lowest BCUT2D eigenvalue weighted by Crippen LogP contribution is -2.47. The van der Waals surface area contributed by atoms with E-state index in [-0.39, 0.29) is 10.8 Å². The van der Waals surface area contributed by atoms with Crippen LogP contribution in [0.2, 0.25) is 0 Å². The summed E-state index contributed by atoms with van der Waals surface area (Å²) in [7, 11) is -3.59. The van der Waals surface area contributed by atoms with Crippen LogP contribution in [0.1, 0.15) is 29.3 Å². The van der Waals surface area contributed by atoms with Crippen LogP contribution in [-0.2, 0) is 10.0 Å². The van der Waals surface area contributed by atoms with E-state index in [2.05, 4.69) is 44.1 Å². The van der Waals surface area contributed by atoms with E-state index in [1.807, 2.05) is 13.0 Å². The number of piperazine rings is 1. The molecule has 1 fully saturated rings. The Morgan fingerprint density at radius 3 is 2.42 bits per heavy atom. The number of carbonyl (C=O) groups excluding carboxylic acids is 1. The van der Waals surface area contributed by atoms with Gasteiger partial charge >= 0.3 is 0 Å². The third-order valence-corrected chi connectivity index (χ3v) is 7.07. The second-order valence-corrected chi connectivity index (χ2v) is 9.52. The van der Waals surface area contributed by atoms with E-state index < -0.39 is 10.0 Å². The van der Waals surface area contributed by atoms with Crippen molar-refractivity contribution in [2.24, 2.45) is 0 Å². The molecule has 31 heavy (non-hydrogen) atoms. The average Bonchev–Trinajstić information content (AvgIpc) is 2.77. The molecule has 1 aliphatic rings. The molecule has 2 N–H and O–H groups in total. The molecule has 1 aliphatic heterocycles. The van der Waals surface area contributed by atoms with Gasteiger partial charge in [0.05, 0.1) is 4.90 Å². The Morgan fingerprint density at radius 1 is 1.03 bits per heavy atom. The quantitative estimate of drug-likeness (QED) is 0.580. The highest BCUT2D eigenvalue weighted by Crippen LogP contribution is 2.17. The average molecular weight is 445 g/mol. The lowest BCUT2D eigenvalue weighted by Gasteiger charge is -2.36. The molecule has 1 saturated heterocycles. The van der Waals surface area contributed by atoms with Crippen LogP contribution >= 0.6 is 0 Å². The molecule has 0 atom stereocenters. The van der Waals surface area contributed by atoms with Gasteiger partial charge in [0, 0.05) is 50.5 Å². The second kappa shape index (κ2) is 10.7. The first-order valence-corrected chi connectivity index (χ1v) is 12.3. The molecular formula is C23H32N4O3S. The largest absolute Gasteiger partial charge is 0.369 e. The molecule has 0 radical (unpaired) electrons. The third kappa shape index (κ3) is 6.29. The van der Waals surface area contributed by atoms with Gasteiger partial charge in [-0.1, -0.05) is 31.2 Å². The van der Waals surface area contributed by atoms with E-state index in [4.69, 9.17) is 0 Å². The monoisotopic (exact) mass is 444 g/mol. The summed E-state index contributed by atoms with van der Waals surface area (Å²) in [5.74, 6) is -0.236. The number of hydrogen-bond acceptors (Lipinski definition) is 5. The van der Waals surface area contributed by atoms with E-state index in [1.54, 1.807) is 13.0 Å². The van der Waals surface area contributed by atoms with Crippen molar-refractivity contribution in [3.63, 3.8) is 0 Å². The number of sulfonamides is 1. The highest BCUT2D eigenvalue weighted by molar-refractivity contribution is 7.89. The lowest BCUT2D eigenvalue weighted by molar-refractivity contribution is 0.0950. The van der Waals surface area contributed by atoms with Crippen LogP contribution in [0.3, 0.4) is 0 Å². The Labute approximate surface area is 185 Å². The third-order valence-electron chi connectivity index (χ3n) is 5.53. The Kier molecular flexibility index (Phi) is 8.06. The zero-order valence-electron chi connectivity index (χ0n) is 18.3. The molecule has 0 spiro atoms. The molecule has 168 valence electrons. The van der Waals surface area contributed by atoms with E-state index in [0.717, 1.165) is 44.7 Å². The fourth-order valence-corrected chi connectivity index (χ4v) is 4.82. The molecule has 1 amide bonds. The predicted octanol–water partition coefficient (Wildman–Crippen LogP) is 2.24. The van der Waals surface area contributed by atoms with Gasteiger partial charge in [0.25, 0.3) is 5.91 Å². The highest BCUT2D eigenvalue weighted by atomic mass is 32.2. The summed E-state index contributed by atoms with van der Waals surface area (Å²) in [5, 5.41) is 2.93. The number of benzene rings is 2. The number of carbonyl (C=O) groups is 1. The van der Waals surface area contributed by atoms with E-state index in [9.17, 15) is 13.2 Å². The van der Waals surface area contributed by atoms with Crippen LogP contribution in [-0.4, -0.2) is 65.0 Å². The van der Waals surface area contributed by atoms with Gasteiger partial charge in [-0.3, -0.25) is 9.69 Å². The molecular weight excluding hydrogens is 412 g/mol. The van der Waals surface area contributed by atoms with Crippen LogP contribution in [0.15, 0.2) is 53.4 Å². The van der Waals surface area contributed by atoms with Crippen LogP contribution in [0.5, 0.6) is 0 Å². The van der Waals surface area contributed by atoms with Crippen molar-refractivity contribution in [3.8, 4) is 0 Å². The van der Waals surface area contributed by atoms with E-state index in [1.165, 1.54) is 17.8 Å². The number of anilines is 1. The maximum absolute atomic E-state index is 12.6. The number of amides is 1. The molecule has 2 aromatic carbocycles. The number of aryl methyl sites for hydroxylation is 1. The van der Waals surface area contributed by atoms with E-state index >= 15 is 0 Å². The maximum Gasteiger partial charge on any atom is 0.251 e. The van der Waals surface area contributed by atoms with E-state index in [0.29, 0.717) is 18.7 Å². The summed E-state index contributed by atoms with van der Waals surface area (Å²) in [4.78, 5) is 17.5. The second-order valence-electron chi connectivity index (χ2n) is 7.75. The normalized spacial score (nSPS) is 15.1. The summed E-state index contributed by atoms with van der Waals surface area (Å²) in [5.41, 5.74) is 2.42. The van der Waals surface area contributed by atoms with Crippen LogP contribution < -0.4 is 14.9 Å². The number of para-hydroxylation sites is 1. The molecule has 0 saturated carbocycles. The molecule has 7 nitrogen and oxygen atoms in total. The first kappa shape index (κ1) is 23.2. The zero-order chi connectivity index (χ0) is 22.3. The molecule has 1 heterocycles. The molecule has 0 aliphatic carbocycles. The number of hydrogen-bond donors (Lipinski definition) is 2. The first-order valence-electron chi connectivity index (χ1n) is 10.8. The van der Waals surface area contributed by atoms with Gasteiger partial charge in [0.15, 0.2) is 0 Å². The van der Waals surface area contributed by atoms with Gasteiger partial charge in [-0.05, 0) is 49.7 Å². The van der Waals surface area contributed by atoms with Gasteiger partial charge in [-0.15, -0.1) is 0 Å². The van der Waals surface area contributed by atoms with Crippen LogP contribution in [0.4, 0.5) is 5.69 Å². The Morgan fingerprint density at radius 2 is 1.74 bits per heavy atom. The molecule has 0 aromatic heterocycles. The minimum atomic E-state index is -3.59.